The Morgan fingerprint density at radius 2 is 2.21 bits per heavy atom. The van der Waals surface area contributed by atoms with Gasteiger partial charge in [-0.05, 0) is 46.1 Å². The van der Waals surface area contributed by atoms with Gasteiger partial charge in [0, 0.05) is 23.3 Å². The third-order valence-electron chi connectivity index (χ3n) is 3.43. The van der Waals surface area contributed by atoms with E-state index in [1.54, 1.807) is 6.20 Å². The Morgan fingerprint density at radius 3 is 3.11 bits per heavy atom. The molecular weight excluding hydrogens is 302 g/mol. The maximum atomic E-state index is 4.16. The molecule has 0 bridgehead atoms. The van der Waals surface area contributed by atoms with Gasteiger partial charge in [0.15, 0.2) is 0 Å². The molecule has 2 N–H and O–H groups in total. The molecule has 0 amide bonds. The summed E-state index contributed by atoms with van der Waals surface area (Å²) in [5, 5.41) is 7.01. The summed E-state index contributed by atoms with van der Waals surface area (Å²) in [5.74, 6) is 0. The van der Waals surface area contributed by atoms with Crippen LogP contribution >= 0.6 is 15.9 Å². The van der Waals surface area contributed by atoms with Gasteiger partial charge in [-0.25, -0.2) is 0 Å². The van der Waals surface area contributed by atoms with E-state index in [0.29, 0.717) is 6.04 Å². The van der Waals surface area contributed by atoms with Gasteiger partial charge < -0.3 is 10.6 Å². The average Bonchev–Trinajstić information content (AvgIpc) is 2.45. The molecule has 1 aliphatic heterocycles. The molecule has 0 radical (unpaired) electrons. The number of halogens is 1. The molecule has 1 unspecified atom stereocenters. The van der Waals surface area contributed by atoms with Crippen molar-refractivity contribution in [2.75, 3.05) is 18.4 Å². The van der Waals surface area contributed by atoms with Crippen molar-refractivity contribution in [1.29, 1.82) is 0 Å². The fourth-order valence-corrected chi connectivity index (χ4v) is 2.87. The SMILES string of the molecule is Brc1cncc(NCC2NCCc3ccccc32)c1. The van der Waals surface area contributed by atoms with E-state index in [4.69, 9.17) is 0 Å². The number of rotatable bonds is 3. The predicted molar refractivity (Wildman–Crippen MR) is 81.3 cm³/mol. The monoisotopic (exact) mass is 317 g/mol. The van der Waals surface area contributed by atoms with E-state index in [-0.39, 0.29) is 0 Å². The summed E-state index contributed by atoms with van der Waals surface area (Å²) in [4.78, 5) is 4.16. The van der Waals surface area contributed by atoms with E-state index >= 15 is 0 Å². The van der Waals surface area contributed by atoms with Crippen LogP contribution < -0.4 is 10.6 Å². The van der Waals surface area contributed by atoms with Gasteiger partial charge in [0.25, 0.3) is 0 Å². The second-order valence-corrected chi connectivity index (χ2v) is 5.64. The Hall–Kier alpha value is -1.39. The zero-order valence-corrected chi connectivity index (χ0v) is 12.2. The van der Waals surface area contributed by atoms with Gasteiger partial charge in [-0.1, -0.05) is 24.3 Å². The van der Waals surface area contributed by atoms with Crippen LogP contribution in [0.3, 0.4) is 0 Å². The van der Waals surface area contributed by atoms with Gasteiger partial charge in [-0.2, -0.15) is 0 Å². The second kappa shape index (κ2) is 5.72. The van der Waals surface area contributed by atoms with E-state index in [2.05, 4.69) is 55.8 Å². The molecule has 0 saturated heterocycles. The highest BCUT2D eigenvalue weighted by Gasteiger charge is 2.18. The summed E-state index contributed by atoms with van der Waals surface area (Å²) in [6, 6.07) is 11.1. The molecule has 1 aromatic carbocycles. The van der Waals surface area contributed by atoms with Gasteiger partial charge in [0.05, 0.1) is 11.9 Å². The molecule has 1 atom stereocenters. The minimum Gasteiger partial charge on any atom is -0.382 e. The quantitative estimate of drug-likeness (QED) is 0.913. The number of nitrogens with one attached hydrogen (secondary N) is 2. The lowest BCUT2D eigenvalue weighted by atomic mass is 9.94. The van der Waals surface area contributed by atoms with Crippen LogP contribution in [0.25, 0.3) is 0 Å². The highest BCUT2D eigenvalue weighted by atomic mass is 79.9. The number of aromatic nitrogens is 1. The van der Waals surface area contributed by atoms with Crippen LogP contribution in [-0.4, -0.2) is 18.1 Å². The first-order valence-electron chi connectivity index (χ1n) is 6.48. The Balaban J connectivity index is 1.71. The van der Waals surface area contributed by atoms with E-state index < -0.39 is 0 Å². The smallest absolute Gasteiger partial charge is 0.0538 e. The van der Waals surface area contributed by atoms with Crippen LogP contribution in [0.1, 0.15) is 17.2 Å². The van der Waals surface area contributed by atoms with Gasteiger partial charge in [0.2, 0.25) is 0 Å². The lowest BCUT2D eigenvalue weighted by Gasteiger charge is -2.27. The van der Waals surface area contributed by atoms with Gasteiger partial charge in [-0.15, -0.1) is 0 Å². The Kier molecular flexibility index (Phi) is 3.80. The van der Waals surface area contributed by atoms with Crippen LogP contribution in [0.2, 0.25) is 0 Å². The molecule has 98 valence electrons. The number of fused-ring (bicyclic) bond motifs is 1. The standard InChI is InChI=1S/C15H16BrN3/c16-12-7-13(9-17-8-12)19-10-15-14-4-2-1-3-11(14)5-6-18-15/h1-4,7-9,15,18-19H,5-6,10H2. The van der Waals surface area contributed by atoms with Crippen molar-refractivity contribution in [2.24, 2.45) is 0 Å². The number of benzene rings is 1. The molecule has 0 spiro atoms. The summed E-state index contributed by atoms with van der Waals surface area (Å²) in [6.45, 7) is 1.91. The second-order valence-electron chi connectivity index (χ2n) is 4.73. The Morgan fingerprint density at radius 1 is 1.32 bits per heavy atom. The number of nitrogens with zero attached hydrogens (tertiary/aromatic N) is 1. The van der Waals surface area contributed by atoms with Crippen molar-refractivity contribution in [1.82, 2.24) is 10.3 Å². The van der Waals surface area contributed by atoms with E-state index in [1.165, 1.54) is 11.1 Å². The lowest BCUT2D eigenvalue weighted by Crippen LogP contribution is -2.34. The summed E-state index contributed by atoms with van der Waals surface area (Å²) in [7, 11) is 0. The van der Waals surface area contributed by atoms with Crippen molar-refractivity contribution in [3.8, 4) is 0 Å². The topological polar surface area (TPSA) is 37.0 Å². The fraction of sp³-hybridized carbons (Fsp3) is 0.267. The summed E-state index contributed by atoms with van der Waals surface area (Å²) < 4.78 is 0.995. The Labute approximate surface area is 121 Å². The first-order chi connectivity index (χ1) is 9.33. The van der Waals surface area contributed by atoms with Gasteiger partial charge >= 0.3 is 0 Å². The minimum absolute atomic E-state index is 0.365. The van der Waals surface area contributed by atoms with Crippen LogP contribution in [0.4, 0.5) is 5.69 Å². The minimum atomic E-state index is 0.365. The Bertz CT molecular complexity index is 571. The first-order valence-corrected chi connectivity index (χ1v) is 7.28. The van der Waals surface area contributed by atoms with Crippen molar-refractivity contribution < 1.29 is 0 Å². The molecule has 0 aliphatic carbocycles. The predicted octanol–water partition coefficient (Wildman–Crippen LogP) is 3.14. The van der Waals surface area contributed by atoms with E-state index in [9.17, 15) is 0 Å². The first kappa shape index (κ1) is 12.6. The maximum Gasteiger partial charge on any atom is 0.0538 e. The molecule has 0 saturated carbocycles. The van der Waals surface area contributed by atoms with Crippen molar-refractivity contribution in [2.45, 2.75) is 12.5 Å². The number of pyridine rings is 1. The van der Waals surface area contributed by atoms with Gasteiger partial charge in [-0.3, -0.25) is 4.98 Å². The normalized spacial score (nSPS) is 17.8. The molecule has 1 aromatic heterocycles. The fourth-order valence-electron chi connectivity index (χ4n) is 2.50. The molecule has 0 fully saturated rings. The largest absolute Gasteiger partial charge is 0.382 e. The van der Waals surface area contributed by atoms with Crippen LogP contribution in [0, 0.1) is 0 Å². The highest BCUT2D eigenvalue weighted by Crippen LogP contribution is 2.23. The molecule has 4 heteroatoms. The summed E-state index contributed by atoms with van der Waals surface area (Å²) in [6.07, 6.45) is 4.75. The maximum absolute atomic E-state index is 4.16. The van der Waals surface area contributed by atoms with Gasteiger partial charge in [0.1, 0.15) is 0 Å². The molecule has 2 aromatic rings. The molecule has 2 heterocycles. The summed E-state index contributed by atoms with van der Waals surface area (Å²) >= 11 is 3.44. The third-order valence-corrected chi connectivity index (χ3v) is 3.86. The van der Waals surface area contributed by atoms with Crippen LogP contribution in [-0.2, 0) is 6.42 Å². The molecule has 19 heavy (non-hydrogen) atoms. The number of anilines is 1. The molecular formula is C15H16BrN3. The van der Waals surface area contributed by atoms with Crippen molar-refractivity contribution in [3.63, 3.8) is 0 Å². The van der Waals surface area contributed by atoms with E-state index in [1.807, 2.05) is 12.3 Å². The highest BCUT2D eigenvalue weighted by molar-refractivity contribution is 9.10. The van der Waals surface area contributed by atoms with Crippen LogP contribution in [0.15, 0.2) is 47.2 Å². The third kappa shape index (κ3) is 2.96. The van der Waals surface area contributed by atoms with Crippen molar-refractivity contribution >= 4 is 21.6 Å². The molecule has 3 nitrogen and oxygen atoms in total. The summed E-state index contributed by atoms with van der Waals surface area (Å²) in [5.41, 5.74) is 3.91. The van der Waals surface area contributed by atoms with Crippen LogP contribution in [0.5, 0.6) is 0 Å². The lowest BCUT2D eigenvalue weighted by molar-refractivity contribution is 0.523. The molecule has 3 rings (SSSR count). The van der Waals surface area contributed by atoms with Crippen molar-refractivity contribution in [3.05, 3.63) is 58.3 Å². The van der Waals surface area contributed by atoms with E-state index in [0.717, 1.165) is 29.7 Å². The zero-order chi connectivity index (χ0) is 13.1. The number of hydrogen-bond acceptors (Lipinski definition) is 3. The average molecular weight is 318 g/mol. The number of hydrogen-bond donors (Lipinski definition) is 2. The molecule has 1 aliphatic rings. The zero-order valence-electron chi connectivity index (χ0n) is 10.6.